The van der Waals surface area contributed by atoms with Gasteiger partial charge in [-0.15, -0.1) is 0 Å². The number of carbonyl (C=O) groups excluding carboxylic acids is 2. The molecular formula is C64H78N2O14+2. The molecule has 0 aliphatic carbocycles. The van der Waals surface area contributed by atoms with Crippen LogP contribution < -0.4 is 47.4 Å². The predicted molar refractivity (Wildman–Crippen MR) is 305 cm³/mol. The van der Waals surface area contributed by atoms with E-state index in [9.17, 15) is 9.59 Å². The van der Waals surface area contributed by atoms with Gasteiger partial charge in [0.05, 0.1) is 136 Å². The van der Waals surface area contributed by atoms with Crippen LogP contribution in [-0.4, -0.2) is 145 Å². The van der Waals surface area contributed by atoms with E-state index in [-0.39, 0.29) is 25.3 Å². The molecule has 0 radical (unpaired) electrons. The standard InChI is InChI=1S/C64H78N2O14/c1-65(27-23-43-37-53(69-3)55(71-5)39-49(43)51(65)31-41-33-57(73-7)61(77-11)58(34-41)74-8)25-17-29-79-63(67)47-21-15-13-19-45(47)46-20-14-16-22-48(46)64(68)80-30-18-26-66(2)28-24-44-38-54(70-4)56(72-6)40-50(44)52(66)32-42-35-59(75-9)62(78-12)60(36-42)76-10/h13-16,19-22,33-40,51-52H,17-18,23-32H2,1-12H3/q+2/t51-,52-,65?,66?/m1/s1. The summed E-state index contributed by atoms with van der Waals surface area (Å²) in [6.45, 7) is 3.50. The van der Waals surface area contributed by atoms with E-state index in [1.165, 1.54) is 11.1 Å². The molecule has 6 aromatic rings. The number of quaternary nitrogens is 2. The quantitative estimate of drug-likeness (QED) is 0.0304. The minimum atomic E-state index is -0.474. The van der Waals surface area contributed by atoms with E-state index < -0.39 is 11.9 Å². The average Bonchev–Trinajstić information content (AvgIpc) is 3.66. The number of fused-ring (bicyclic) bond motifs is 2. The molecule has 0 amide bonds. The Hall–Kier alpha value is -7.82. The summed E-state index contributed by atoms with van der Waals surface area (Å²) in [7, 11) is 20.8. The topological polar surface area (TPSA) is 145 Å². The van der Waals surface area contributed by atoms with Crippen LogP contribution in [0.5, 0.6) is 57.5 Å². The lowest BCUT2D eigenvalue weighted by Crippen LogP contribution is -2.52. The Morgan fingerprint density at radius 3 is 1.07 bits per heavy atom. The molecule has 80 heavy (non-hydrogen) atoms. The van der Waals surface area contributed by atoms with Crippen LogP contribution in [-0.2, 0) is 35.2 Å². The van der Waals surface area contributed by atoms with E-state index in [0.717, 1.165) is 61.3 Å². The van der Waals surface area contributed by atoms with Crippen molar-refractivity contribution in [2.24, 2.45) is 0 Å². The lowest BCUT2D eigenvalue weighted by Gasteiger charge is -2.46. The number of esters is 2. The monoisotopic (exact) mass is 1100 g/mol. The van der Waals surface area contributed by atoms with Gasteiger partial charge in [0.15, 0.2) is 46.0 Å². The second kappa shape index (κ2) is 26.0. The number of hydrogen-bond acceptors (Lipinski definition) is 14. The Morgan fingerprint density at radius 1 is 0.425 bits per heavy atom. The second-order valence-electron chi connectivity index (χ2n) is 20.7. The molecule has 0 fully saturated rings. The molecule has 16 nitrogen and oxygen atoms in total. The summed E-state index contributed by atoms with van der Waals surface area (Å²) >= 11 is 0. The fourth-order valence-corrected chi connectivity index (χ4v) is 11.9. The fourth-order valence-electron chi connectivity index (χ4n) is 11.9. The van der Waals surface area contributed by atoms with Gasteiger partial charge >= 0.3 is 11.9 Å². The number of methoxy groups -OCH3 is 10. The highest BCUT2D eigenvalue weighted by Gasteiger charge is 2.42. The number of carbonyl (C=O) groups is 2. The molecule has 8 rings (SSSR count). The number of likely N-dealkylation sites (N-methyl/N-ethyl adjacent to an activating group) is 2. The van der Waals surface area contributed by atoms with Crippen molar-refractivity contribution in [3.05, 3.63) is 142 Å². The molecular weight excluding hydrogens is 1020 g/mol. The van der Waals surface area contributed by atoms with Gasteiger partial charge in [-0.25, -0.2) is 9.59 Å². The Morgan fingerprint density at radius 2 is 0.750 bits per heavy atom. The van der Waals surface area contributed by atoms with Crippen molar-refractivity contribution < 1.29 is 75.4 Å². The van der Waals surface area contributed by atoms with Crippen molar-refractivity contribution >= 4 is 11.9 Å². The highest BCUT2D eigenvalue weighted by molar-refractivity contribution is 6.03. The Bertz CT molecular complexity index is 2900. The summed E-state index contributed by atoms with van der Waals surface area (Å²) in [6, 6.07) is 30.8. The molecule has 426 valence electrons. The summed E-state index contributed by atoms with van der Waals surface area (Å²) in [6.07, 6.45) is 4.16. The molecule has 0 bridgehead atoms. The summed E-state index contributed by atoms with van der Waals surface area (Å²) < 4.78 is 70.9. The Labute approximate surface area is 471 Å². The van der Waals surface area contributed by atoms with Crippen molar-refractivity contribution in [3.8, 4) is 68.6 Å². The lowest BCUT2D eigenvalue weighted by atomic mass is 9.86. The molecule has 2 unspecified atom stereocenters. The largest absolute Gasteiger partial charge is 0.493 e. The van der Waals surface area contributed by atoms with Crippen LogP contribution in [0.15, 0.2) is 97.1 Å². The van der Waals surface area contributed by atoms with E-state index in [0.29, 0.717) is 114 Å². The van der Waals surface area contributed by atoms with Crippen LogP contribution in [0.3, 0.4) is 0 Å². The summed E-state index contributed by atoms with van der Waals surface area (Å²) in [5.41, 5.74) is 8.64. The maximum Gasteiger partial charge on any atom is 0.338 e. The van der Waals surface area contributed by atoms with Gasteiger partial charge in [0, 0.05) is 49.7 Å². The Kier molecular flexibility index (Phi) is 18.9. The molecule has 4 atom stereocenters. The van der Waals surface area contributed by atoms with Gasteiger partial charge in [-0.05, 0) is 94.0 Å². The van der Waals surface area contributed by atoms with E-state index in [1.54, 1.807) is 95.4 Å². The maximum atomic E-state index is 14.2. The molecule has 0 saturated carbocycles. The minimum Gasteiger partial charge on any atom is -0.493 e. The summed E-state index contributed by atoms with van der Waals surface area (Å²) in [5.74, 6) is 5.16. The Balaban J connectivity index is 0.955. The van der Waals surface area contributed by atoms with Crippen LogP contribution in [0.1, 0.15) is 79.0 Å². The smallest absolute Gasteiger partial charge is 0.338 e. The third-order valence-corrected chi connectivity index (χ3v) is 16.3. The number of nitrogens with zero attached hydrogens (tertiary/aromatic N) is 2. The van der Waals surface area contributed by atoms with E-state index in [4.69, 9.17) is 56.8 Å². The molecule has 2 aliphatic rings. The zero-order valence-corrected chi connectivity index (χ0v) is 48.5. The molecule has 0 spiro atoms. The predicted octanol–water partition coefficient (Wildman–Crippen LogP) is 10.5. The zero-order valence-electron chi connectivity index (χ0n) is 48.5. The normalized spacial score (nSPS) is 18.1. The molecule has 2 heterocycles. The number of ether oxygens (including phenoxy) is 12. The van der Waals surface area contributed by atoms with Crippen molar-refractivity contribution in [1.82, 2.24) is 0 Å². The third kappa shape index (κ3) is 12.2. The highest BCUT2D eigenvalue weighted by Crippen LogP contribution is 2.47. The van der Waals surface area contributed by atoms with Crippen molar-refractivity contribution in [2.75, 3.05) is 125 Å². The van der Waals surface area contributed by atoms with E-state index in [2.05, 4.69) is 38.4 Å². The molecule has 0 saturated heterocycles. The first kappa shape index (κ1) is 58.3. The molecule has 2 aliphatic heterocycles. The summed E-state index contributed by atoms with van der Waals surface area (Å²) in [5, 5.41) is 0. The van der Waals surface area contributed by atoms with Gasteiger partial charge in [0.25, 0.3) is 0 Å². The molecule has 6 aromatic carbocycles. The molecule has 16 heteroatoms. The number of benzene rings is 6. The van der Waals surface area contributed by atoms with Crippen LogP contribution in [0, 0.1) is 0 Å². The zero-order chi connectivity index (χ0) is 57.1. The van der Waals surface area contributed by atoms with E-state index in [1.807, 2.05) is 48.5 Å². The first-order chi connectivity index (χ1) is 38.7. The van der Waals surface area contributed by atoms with Gasteiger partial charge < -0.3 is 65.8 Å². The van der Waals surface area contributed by atoms with Gasteiger partial charge in [-0.1, -0.05) is 36.4 Å². The van der Waals surface area contributed by atoms with Gasteiger partial charge in [-0.3, -0.25) is 0 Å². The van der Waals surface area contributed by atoms with Gasteiger partial charge in [0.2, 0.25) is 11.5 Å². The third-order valence-electron chi connectivity index (χ3n) is 16.3. The van der Waals surface area contributed by atoms with Crippen LogP contribution in [0.4, 0.5) is 0 Å². The maximum absolute atomic E-state index is 14.2. The highest BCUT2D eigenvalue weighted by atomic mass is 16.6. The molecule has 0 N–H and O–H groups in total. The van der Waals surface area contributed by atoms with Gasteiger partial charge in [-0.2, -0.15) is 0 Å². The SMILES string of the molecule is COc1cc2c(cc1OC)[C@@H](Cc1cc(OC)c(OC)c(OC)c1)[N+](C)(CCCOC(=O)c1ccccc1-c1ccccc1C(=O)OCCC[N+]1(C)CCc3cc(OC)c(OC)cc3[C@H]1Cc1cc(OC)c(OC)c(OC)c1)CC2. The summed E-state index contributed by atoms with van der Waals surface area (Å²) in [4.78, 5) is 28.3. The number of hydrogen-bond donors (Lipinski definition) is 0. The van der Waals surface area contributed by atoms with Crippen molar-refractivity contribution in [3.63, 3.8) is 0 Å². The first-order valence-electron chi connectivity index (χ1n) is 27.0. The lowest BCUT2D eigenvalue weighted by molar-refractivity contribution is -0.941. The van der Waals surface area contributed by atoms with Crippen LogP contribution >= 0.6 is 0 Å². The van der Waals surface area contributed by atoms with Crippen LogP contribution in [0.2, 0.25) is 0 Å². The van der Waals surface area contributed by atoms with E-state index >= 15 is 0 Å². The average molecular weight is 1100 g/mol. The van der Waals surface area contributed by atoms with Crippen molar-refractivity contribution in [1.29, 1.82) is 0 Å². The number of rotatable bonds is 25. The van der Waals surface area contributed by atoms with Crippen molar-refractivity contribution in [2.45, 2.75) is 50.6 Å². The second-order valence-corrected chi connectivity index (χ2v) is 20.7. The van der Waals surface area contributed by atoms with Gasteiger partial charge in [0.1, 0.15) is 12.1 Å². The molecule has 0 aromatic heterocycles. The first-order valence-corrected chi connectivity index (χ1v) is 27.0. The van der Waals surface area contributed by atoms with Crippen LogP contribution in [0.25, 0.3) is 11.1 Å². The minimum absolute atomic E-state index is 0.00665. The fraction of sp³-hybridized carbons (Fsp3) is 0.406.